The number of ether oxygens (including phenoxy) is 2. The van der Waals surface area contributed by atoms with E-state index in [2.05, 4.69) is 19.2 Å². The lowest BCUT2D eigenvalue weighted by atomic mass is 9.99. The van der Waals surface area contributed by atoms with Gasteiger partial charge in [0.15, 0.2) is 6.29 Å². The molecule has 6 N–H and O–H groups in total. The predicted molar refractivity (Wildman–Crippen MR) is 189 cm³/mol. The van der Waals surface area contributed by atoms with Gasteiger partial charge in [-0.3, -0.25) is 4.79 Å². The summed E-state index contributed by atoms with van der Waals surface area (Å²) in [6, 6.07) is -0.708. The fraction of sp³-hybridized carbons (Fsp3) is 0.974. The van der Waals surface area contributed by atoms with Gasteiger partial charge in [0.2, 0.25) is 5.91 Å². The summed E-state index contributed by atoms with van der Waals surface area (Å²) in [6.45, 7) is 3.81. The third-order valence-electron chi connectivity index (χ3n) is 9.71. The molecule has 9 heteroatoms. The molecule has 0 aromatic rings. The van der Waals surface area contributed by atoms with Crippen LogP contribution in [0.4, 0.5) is 0 Å². The summed E-state index contributed by atoms with van der Waals surface area (Å²) in [6.07, 6.45) is 22.5. The number of rotatable bonds is 32. The Bertz CT molecular complexity index is 711. The molecule has 0 aromatic heterocycles. The molecule has 47 heavy (non-hydrogen) atoms. The molecule has 1 aliphatic rings. The molecule has 1 saturated heterocycles. The maximum Gasteiger partial charge on any atom is 0.220 e. The van der Waals surface area contributed by atoms with Gasteiger partial charge in [-0.1, -0.05) is 162 Å². The molecule has 0 aliphatic carbocycles. The molecule has 0 spiro atoms. The summed E-state index contributed by atoms with van der Waals surface area (Å²) in [5.74, 6) is -0.145. The third-order valence-corrected chi connectivity index (χ3v) is 9.71. The smallest absolute Gasteiger partial charge is 0.220 e. The molecule has 1 rings (SSSR count). The molecule has 0 aromatic carbocycles. The zero-order valence-corrected chi connectivity index (χ0v) is 30.3. The molecular formula is C38H75NO8. The standard InChI is InChI=1S/C38H75NO8/c1-3-5-7-9-11-13-15-16-18-20-22-24-26-28-34(42)39-31(30-46-38-37(45)36(44)35(43)33(29-40)47-38)32(41)27-25-23-21-19-17-14-12-10-8-6-4-2/h31-33,35-38,40-41,43-45H,3-30H2,1-2H3,(H,39,42)/t31-,32+,33+,35+,36?,37?,38+/m0/s1. The molecule has 280 valence electrons. The fourth-order valence-corrected chi connectivity index (χ4v) is 6.45. The highest BCUT2D eigenvalue weighted by atomic mass is 16.7. The van der Waals surface area contributed by atoms with Crippen molar-refractivity contribution in [3.05, 3.63) is 0 Å². The van der Waals surface area contributed by atoms with Crippen LogP contribution in [0, 0.1) is 0 Å². The Morgan fingerprint density at radius 3 is 1.51 bits per heavy atom. The lowest BCUT2D eigenvalue weighted by Crippen LogP contribution is -2.60. The van der Waals surface area contributed by atoms with E-state index < -0.39 is 49.5 Å². The first-order chi connectivity index (χ1) is 22.8. The molecule has 1 fully saturated rings. The highest BCUT2D eigenvalue weighted by molar-refractivity contribution is 5.76. The molecule has 1 aliphatic heterocycles. The van der Waals surface area contributed by atoms with E-state index in [4.69, 9.17) is 9.47 Å². The van der Waals surface area contributed by atoms with Crippen molar-refractivity contribution in [3.8, 4) is 0 Å². The van der Waals surface area contributed by atoms with Gasteiger partial charge in [-0.25, -0.2) is 0 Å². The summed E-state index contributed by atoms with van der Waals surface area (Å²) >= 11 is 0. The summed E-state index contributed by atoms with van der Waals surface area (Å²) < 4.78 is 11.2. The van der Waals surface area contributed by atoms with E-state index in [1.165, 1.54) is 116 Å². The van der Waals surface area contributed by atoms with Crippen LogP contribution in [0.3, 0.4) is 0 Å². The van der Waals surface area contributed by atoms with Gasteiger partial charge in [-0.2, -0.15) is 0 Å². The maximum absolute atomic E-state index is 12.9. The Hall–Kier alpha value is -0.810. The van der Waals surface area contributed by atoms with Gasteiger partial charge in [0.25, 0.3) is 0 Å². The Morgan fingerprint density at radius 1 is 0.638 bits per heavy atom. The summed E-state index contributed by atoms with van der Waals surface area (Å²) in [7, 11) is 0. The summed E-state index contributed by atoms with van der Waals surface area (Å²) in [5, 5.41) is 54.0. The normalized spacial score (nSPS) is 22.7. The third kappa shape index (κ3) is 21.8. The van der Waals surface area contributed by atoms with E-state index in [0.717, 1.165) is 38.5 Å². The van der Waals surface area contributed by atoms with Gasteiger partial charge >= 0.3 is 0 Å². The second-order valence-electron chi connectivity index (χ2n) is 14.1. The lowest BCUT2D eigenvalue weighted by Gasteiger charge is -2.40. The fourth-order valence-electron chi connectivity index (χ4n) is 6.45. The number of aliphatic hydroxyl groups excluding tert-OH is 5. The number of hydrogen-bond donors (Lipinski definition) is 6. The summed E-state index contributed by atoms with van der Waals surface area (Å²) in [5.41, 5.74) is 0. The Labute approximate surface area is 287 Å². The lowest BCUT2D eigenvalue weighted by molar-refractivity contribution is -0.302. The molecule has 1 heterocycles. The van der Waals surface area contributed by atoms with Gasteiger partial charge in [0.1, 0.15) is 24.4 Å². The topological polar surface area (TPSA) is 149 Å². The van der Waals surface area contributed by atoms with Gasteiger partial charge in [-0.15, -0.1) is 0 Å². The average molecular weight is 674 g/mol. The number of unbranched alkanes of at least 4 members (excludes halogenated alkanes) is 22. The Morgan fingerprint density at radius 2 is 1.06 bits per heavy atom. The Kier molecular flexibility index (Phi) is 28.3. The largest absolute Gasteiger partial charge is 0.394 e. The van der Waals surface area contributed by atoms with Crippen LogP contribution in [0.25, 0.3) is 0 Å². The second kappa shape index (κ2) is 30.1. The number of carbonyl (C=O) groups is 1. The molecular weight excluding hydrogens is 598 g/mol. The summed E-state index contributed by atoms with van der Waals surface area (Å²) in [4.78, 5) is 12.9. The van der Waals surface area contributed by atoms with E-state index >= 15 is 0 Å². The van der Waals surface area contributed by atoms with Crippen LogP contribution in [0.1, 0.15) is 181 Å². The Balaban J connectivity index is 2.40. The van der Waals surface area contributed by atoms with Crippen molar-refractivity contribution in [2.45, 2.75) is 224 Å². The monoisotopic (exact) mass is 674 g/mol. The second-order valence-corrected chi connectivity index (χ2v) is 14.1. The van der Waals surface area contributed by atoms with E-state index in [9.17, 15) is 30.3 Å². The molecule has 1 amide bonds. The average Bonchev–Trinajstić information content (AvgIpc) is 3.07. The van der Waals surface area contributed by atoms with Crippen LogP contribution in [0.5, 0.6) is 0 Å². The highest BCUT2D eigenvalue weighted by Gasteiger charge is 2.44. The van der Waals surface area contributed by atoms with Crippen molar-refractivity contribution in [2.24, 2.45) is 0 Å². The number of nitrogens with one attached hydrogen (secondary N) is 1. The van der Waals surface area contributed by atoms with Crippen LogP contribution in [0.2, 0.25) is 0 Å². The quantitative estimate of drug-likeness (QED) is 0.0426. The molecule has 0 radical (unpaired) electrons. The van der Waals surface area contributed by atoms with Crippen LogP contribution >= 0.6 is 0 Å². The van der Waals surface area contributed by atoms with Crippen LogP contribution in [-0.2, 0) is 14.3 Å². The number of carbonyl (C=O) groups excluding carboxylic acids is 1. The first kappa shape index (κ1) is 44.2. The van der Waals surface area contributed by atoms with E-state index in [-0.39, 0.29) is 12.5 Å². The van der Waals surface area contributed by atoms with Gasteiger partial charge in [0.05, 0.1) is 25.4 Å². The van der Waals surface area contributed by atoms with E-state index in [1.54, 1.807) is 0 Å². The number of aliphatic hydroxyl groups is 5. The highest BCUT2D eigenvalue weighted by Crippen LogP contribution is 2.23. The first-order valence-electron chi connectivity index (χ1n) is 19.7. The molecule has 9 nitrogen and oxygen atoms in total. The van der Waals surface area contributed by atoms with Crippen molar-refractivity contribution in [1.29, 1.82) is 0 Å². The van der Waals surface area contributed by atoms with Crippen molar-refractivity contribution < 1.29 is 39.8 Å². The van der Waals surface area contributed by atoms with Crippen LogP contribution in [0.15, 0.2) is 0 Å². The molecule has 7 atom stereocenters. The molecule has 2 unspecified atom stereocenters. The predicted octanol–water partition coefficient (Wildman–Crippen LogP) is 6.83. The van der Waals surface area contributed by atoms with Crippen molar-refractivity contribution in [3.63, 3.8) is 0 Å². The minimum Gasteiger partial charge on any atom is -0.394 e. The zero-order valence-electron chi connectivity index (χ0n) is 30.3. The molecule has 0 bridgehead atoms. The zero-order chi connectivity index (χ0) is 34.5. The number of amides is 1. The number of hydrogen-bond acceptors (Lipinski definition) is 8. The minimum absolute atomic E-state index is 0.133. The first-order valence-corrected chi connectivity index (χ1v) is 19.7. The van der Waals surface area contributed by atoms with Gasteiger partial charge in [0, 0.05) is 6.42 Å². The van der Waals surface area contributed by atoms with Gasteiger partial charge in [-0.05, 0) is 12.8 Å². The molecule has 0 saturated carbocycles. The van der Waals surface area contributed by atoms with E-state index in [0.29, 0.717) is 12.8 Å². The van der Waals surface area contributed by atoms with E-state index in [1.807, 2.05) is 0 Å². The minimum atomic E-state index is -1.55. The van der Waals surface area contributed by atoms with Crippen molar-refractivity contribution in [1.82, 2.24) is 5.32 Å². The van der Waals surface area contributed by atoms with Crippen molar-refractivity contribution >= 4 is 5.91 Å². The SMILES string of the molecule is CCCCCCCCCCCCCCCC(=O)N[C@@H](CO[C@@H]1O[C@H](CO)[C@@H](O)C(O)C1O)[C@H](O)CCCCCCCCCCCCC. The van der Waals surface area contributed by atoms with Crippen LogP contribution < -0.4 is 5.32 Å². The van der Waals surface area contributed by atoms with Crippen molar-refractivity contribution in [2.75, 3.05) is 13.2 Å². The maximum atomic E-state index is 12.9. The van der Waals surface area contributed by atoms with Crippen LogP contribution in [-0.4, -0.2) is 87.5 Å². The van der Waals surface area contributed by atoms with Gasteiger partial charge < -0.3 is 40.3 Å².